The van der Waals surface area contributed by atoms with Crippen molar-refractivity contribution in [2.24, 2.45) is 0 Å². The molecule has 0 unspecified atom stereocenters. The summed E-state index contributed by atoms with van der Waals surface area (Å²) in [5.74, 6) is 0.152. The van der Waals surface area contributed by atoms with E-state index in [1.165, 1.54) is 23.1 Å². The number of hydrogen-bond acceptors (Lipinski definition) is 8. The van der Waals surface area contributed by atoms with Crippen LogP contribution in [0.1, 0.15) is 12.6 Å². The first-order valence-electron chi connectivity index (χ1n) is 4.91. The number of nitrogen functional groups attached to an aromatic ring is 1. The van der Waals surface area contributed by atoms with E-state index in [9.17, 15) is 0 Å². The van der Waals surface area contributed by atoms with Gasteiger partial charge < -0.3 is 10.5 Å². The fourth-order valence-corrected chi connectivity index (χ4v) is 2.74. The van der Waals surface area contributed by atoms with Crippen molar-refractivity contribution in [3.05, 3.63) is 11.1 Å². The number of aryl methyl sites for hydroxylation is 1. The molecule has 0 atom stereocenters. The maximum absolute atomic E-state index is 5.58. The van der Waals surface area contributed by atoms with Crippen molar-refractivity contribution >= 4 is 29.0 Å². The average Bonchev–Trinajstić information content (AvgIpc) is 2.63. The molecule has 0 spiro atoms. The number of nitrogens with two attached hydrogens (primary N) is 1. The zero-order valence-electron chi connectivity index (χ0n) is 9.38. The lowest BCUT2D eigenvalue weighted by atomic mass is 10.6. The number of rotatable bonds is 4. The van der Waals surface area contributed by atoms with Crippen molar-refractivity contribution in [2.75, 3.05) is 12.3 Å². The molecule has 6 nitrogen and oxygen atoms in total. The predicted octanol–water partition coefficient (Wildman–Crippen LogP) is 1.77. The number of thiazole rings is 1. The summed E-state index contributed by atoms with van der Waals surface area (Å²) in [5.41, 5.74) is 6.55. The second-order valence-electron chi connectivity index (χ2n) is 3.05. The quantitative estimate of drug-likeness (QED) is 0.905. The zero-order valence-corrected chi connectivity index (χ0v) is 11.0. The fourth-order valence-electron chi connectivity index (χ4n) is 1.05. The molecule has 2 heterocycles. The van der Waals surface area contributed by atoms with Crippen LogP contribution in [-0.2, 0) is 0 Å². The van der Waals surface area contributed by atoms with Crippen molar-refractivity contribution in [3.8, 4) is 6.01 Å². The SMILES string of the molecule is CCOc1nc(N)nc(Sc2nc(C)cs2)n1. The second-order valence-corrected chi connectivity index (χ2v) is 5.12. The van der Waals surface area contributed by atoms with Gasteiger partial charge in [0, 0.05) is 11.1 Å². The Labute approximate surface area is 107 Å². The van der Waals surface area contributed by atoms with Crippen molar-refractivity contribution in [1.29, 1.82) is 0 Å². The van der Waals surface area contributed by atoms with Crippen LogP contribution in [0.15, 0.2) is 14.9 Å². The number of anilines is 1. The van der Waals surface area contributed by atoms with E-state index in [2.05, 4.69) is 19.9 Å². The summed E-state index contributed by atoms with van der Waals surface area (Å²) < 4.78 is 6.07. The highest BCUT2D eigenvalue weighted by molar-refractivity contribution is 8.00. The maximum atomic E-state index is 5.58. The van der Waals surface area contributed by atoms with Gasteiger partial charge in [-0.1, -0.05) is 0 Å². The van der Waals surface area contributed by atoms with Crippen LogP contribution in [-0.4, -0.2) is 26.5 Å². The molecular formula is C9H11N5OS2. The Balaban J connectivity index is 2.20. The number of aromatic nitrogens is 4. The first kappa shape index (κ1) is 12.1. The Hall–Kier alpha value is -1.41. The molecule has 2 N–H and O–H groups in total. The van der Waals surface area contributed by atoms with Gasteiger partial charge >= 0.3 is 6.01 Å². The van der Waals surface area contributed by atoms with E-state index in [0.29, 0.717) is 11.8 Å². The molecule has 0 saturated carbocycles. The van der Waals surface area contributed by atoms with Crippen molar-refractivity contribution in [3.63, 3.8) is 0 Å². The van der Waals surface area contributed by atoms with Crippen molar-refractivity contribution < 1.29 is 4.74 Å². The van der Waals surface area contributed by atoms with E-state index in [0.717, 1.165) is 10.0 Å². The van der Waals surface area contributed by atoms with Crippen LogP contribution in [0, 0.1) is 6.92 Å². The summed E-state index contributed by atoms with van der Waals surface area (Å²) in [6.07, 6.45) is 0. The monoisotopic (exact) mass is 269 g/mol. The van der Waals surface area contributed by atoms with E-state index in [-0.39, 0.29) is 12.0 Å². The first-order valence-corrected chi connectivity index (χ1v) is 6.61. The minimum absolute atomic E-state index is 0.152. The second kappa shape index (κ2) is 5.28. The number of ether oxygens (including phenoxy) is 1. The smallest absolute Gasteiger partial charge is 0.322 e. The standard InChI is InChI=1S/C9H11N5OS2/c1-3-15-7-12-6(10)13-8(14-7)17-9-11-5(2)4-16-9/h4H,3H2,1-2H3,(H2,10,12,13,14). The summed E-state index contributed by atoms with van der Waals surface area (Å²) in [7, 11) is 0. The van der Waals surface area contributed by atoms with Gasteiger partial charge in [-0.15, -0.1) is 11.3 Å². The Morgan fingerprint density at radius 2 is 2.18 bits per heavy atom. The molecule has 2 aromatic heterocycles. The molecule has 8 heteroatoms. The maximum Gasteiger partial charge on any atom is 0.322 e. The van der Waals surface area contributed by atoms with Gasteiger partial charge in [-0.05, 0) is 25.6 Å². The Morgan fingerprint density at radius 3 is 2.82 bits per heavy atom. The molecule has 0 aliphatic rings. The highest BCUT2D eigenvalue weighted by atomic mass is 32.2. The highest BCUT2D eigenvalue weighted by Crippen LogP contribution is 2.28. The lowest BCUT2D eigenvalue weighted by Gasteiger charge is -2.02. The molecule has 2 aromatic rings. The highest BCUT2D eigenvalue weighted by Gasteiger charge is 2.09. The molecule has 0 bridgehead atoms. The largest absolute Gasteiger partial charge is 0.464 e. The molecule has 0 fully saturated rings. The molecule has 0 radical (unpaired) electrons. The van der Waals surface area contributed by atoms with Gasteiger partial charge in [-0.25, -0.2) is 4.98 Å². The van der Waals surface area contributed by atoms with Gasteiger partial charge in [-0.3, -0.25) is 0 Å². The Kier molecular flexibility index (Phi) is 3.75. The minimum atomic E-state index is 0.152. The molecule has 2 rings (SSSR count). The van der Waals surface area contributed by atoms with Crippen LogP contribution >= 0.6 is 23.1 Å². The topological polar surface area (TPSA) is 86.8 Å². The van der Waals surface area contributed by atoms with Gasteiger partial charge in [0.25, 0.3) is 0 Å². The summed E-state index contributed by atoms with van der Waals surface area (Å²) in [6.45, 7) is 4.29. The summed E-state index contributed by atoms with van der Waals surface area (Å²) in [6, 6.07) is 0.246. The lowest BCUT2D eigenvalue weighted by molar-refractivity contribution is 0.308. The van der Waals surface area contributed by atoms with Crippen LogP contribution < -0.4 is 10.5 Å². The molecule has 0 amide bonds. The molecule has 0 aliphatic carbocycles. The molecular weight excluding hydrogens is 258 g/mol. The van der Waals surface area contributed by atoms with Gasteiger partial charge in [-0.2, -0.15) is 15.0 Å². The number of nitrogens with zero attached hydrogens (tertiary/aromatic N) is 4. The van der Waals surface area contributed by atoms with Crippen LogP contribution in [0.3, 0.4) is 0 Å². The zero-order chi connectivity index (χ0) is 12.3. The predicted molar refractivity (Wildman–Crippen MR) is 66.4 cm³/mol. The van der Waals surface area contributed by atoms with E-state index in [1.807, 2.05) is 19.2 Å². The summed E-state index contributed by atoms with van der Waals surface area (Å²) in [5, 5.41) is 2.46. The molecule has 0 saturated heterocycles. The van der Waals surface area contributed by atoms with Crippen molar-refractivity contribution in [2.45, 2.75) is 23.3 Å². The van der Waals surface area contributed by atoms with Crippen LogP contribution in [0.5, 0.6) is 6.01 Å². The van der Waals surface area contributed by atoms with Crippen LogP contribution in [0.4, 0.5) is 5.95 Å². The molecule has 17 heavy (non-hydrogen) atoms. The Bertz CT molecular complexity index is 516. The third kappa shape index (κ3) is 3.27. The minimum Gasteiger partial charge on any atom is -0.464 e. The molecule has 0 aromatic carbocycles. The normalized spacial score (nSPS) is 10.5. The van der Waals surface area contributed by atoms with Crippen LogP contribution in [0.2, 0.25) is 0 Å². The Morgan fingerprint density at radius 1 is 1.35 bits per heavy atom. The van der Waals surface area contributed by atoms with Gasteiger partial charge in [0.15, 0.2) is 4.34 Å². The average molecular weight is 269 g/mol. The molecule has 90 valence electrons. The van der Waals surface area contributed by atoms with Crippen LogP contribution in [0.25, 0.3) is 0 Å². The molecule has 0 aliphatic heterocycles. The van der Waals surface area contributed by atoms with Gasteiger partial charge in [0.05, 0.1) is 6.61 Å². The third-order valence-electron chi connectivity index (χ3n) is 1.66. The number of hydrogen-bond donors (Lipinski definition) is 1. The third-order valence-corrected chi connectivity index (χ3v) is 3.58. The van der Waals surface area contributed by atoms with E-state index in [4.69, 9.17) is 10.5 Å². The first-order chi connectivity index (χ1) is 8.17. The fraction of sp³-hybridized carbons (Fsp3) is 0.333. The van der Waals surface area contributed by atoms with Crippen molar-refractivity contribution in [1.82, 2.24) is 19.9 Å². The van der Waals surface area contributed by atoms with Gasteiger partial charge in [0.1, 0.15) is 0 Å². The van der Waals surface area contributed by atoms with E-state index < -0.39 is 0 Å². The van der Waals surface area contributed by atoms with Gasteiger partial charge in [0.2, 0.25) is 11.1 Å². The van der Waals surface area contributed by atoms with E-state index in [1.54, 1.807) is 0 Å². The summed E-state index contributed by atoms with van der Waals surface area (Å²) >= 11 is 2.89. The summed E-state index contributed by atoms with van der Waals surface area (Å²) in [4.78, 5) is 16.3. The lowest BCUT2D eigenvalue weighted by Crippen LogP contribution is -2.04. The van der Waals surface area contributed by atoms with E-state index >= 15 is 0 Å².